The van der Waals surface area contributed by atoms with Crippen molar-refractivity contribution in [2.24, 2.45) is 0 Å². The minimum atomic E-state index is -0.857. The van der Waals surface area contributed by atoms with Gasteiger partial charge in [0.25, 0.3) is 0 Å². The lowest BCUT2D eigenvalue weighted by atomic mass is 9.81. The van der Waals surface area contributed by atoms with Gasteiger partial charge in [-0.1, -0.05) is 43.5 Å². The van der Waals surface area contributed by atoms with Crippen molar-refractivity contribution in [1.29, 1.82) is 0 Å². The van der Waals surface area contributed by atoms with E-state index in [0.717, 1.165) is 51.2 Å². The third kappa shape index (κ3) is 4.05. The zero-order chi connectivity index (χ0) is 25.6. The van der Waals surface area contributed by atoms with Crippen molar-refractivity contribution in [2.75, 3.05) is 13.2 Å². The molecule has 1 saturated carbocycles. The Morgan fingerprint density at radius 3 is 2.71 bits per heavy atom. The van der Waals surface area contributed by atoms with Crippen LogP contribution in [-0.4, -0.2) is 39.5 Å². The number of aromatic carboxylic acids is 1. The van der Waals surface area contributed by atoms with Crippen LogP contribution in [0.4, 0.5) is 0 Å². The fraction of sp³-hybridized carbons (Fsp3) is 0.469. The van der Waals surface area contributed by atoms with Crippen molar-refractivity contribution in [1.82, 2.24) is 14.5 Å². The number of benzene rings is 2. The quantitative estimate of drug-likeness (QED) is 0.314. The molecule has 2 aliphatic heterocycles. The van der Waals surface area contributed by atoms with Crippen LogP contribution >= 0.6 is 0 Å². The highest BCUT2D eigenvalue weighted by molar-refractivity contribution is 6.03. The van der Waals surface area contributed by atoms with Gasteiger partial charge < -0.3 is 24.3 Å². The van der Waals surface area contributed by atoms with E-state index < -0.39 is 5.97 Å². The summed E-state index contributed by atoms with van der Waals surface area (Å²) in [5, 5.41) is 16.1. The highest BCUT2D eigenvalue weighted by atomic mass is 16.5. The lowest BCUT2D eigenvalue weighted by Crippen LogP contribution is -2.36. The molecule has 2 aromatic carbocycles. The van der Waals surface area contributed by atoms with Gasteiger partial charge in [0.1, 0.15) is 0 Å². The molecule has 0 radical (unpaired) electrons. The monoisotopic (exact) mass is 511 g/mol. The van der Waals surface area contributed by atoms with Gasteiger partial charge in [0, 0.05) is 60.3 Å². The topological polar surface area (TPSA) is 68.4 Å². The summed E-state index contributed by atoms with van der Waals surface area (Å²) in [6.45, 7) is 4.37. The molecule has 1 saturated heterocycles. The van der Waals surface area contributed by atoms with Gasteiger partial charge in [-0.3, -0.25) is 0 Å². The number of hydrogen-bond acceptors (Lipinski definition) is 3. The molecule has 198 valence electrons. The Morgan fingerprint density at radius 2 is 1.89 bits per heavy atom. The molecular formula is C32H37N3O3. The van der Waals surface area contributed by atoms with Gasteiger partial charge in [0.2, 0.25) is 0 Å². The molecule has 1 unspecified atom stereocenters. The Bertz CT molecular complexity index is 1500. The predicted octanol–water partition coefficient (Wildman–Crippen LogP) is 6.68. The minimum Gasteiger partial charge on any atom is -0.478 e. The van der Waals surface area contributed by atoms with E-state index in [1.807, 2.05) is 6.07 Å². The number of fused-ring (bicyclic) bond motifs is 4. The molecule has 38 heavy (non-hydrogen) atoms. The molecule has 2 N–H and O–H groups in total. The van der Waals surface area contributed by atoms with Crippen LogP contribution in [0.5, 0.6) is 0 Å². The van der Waals surface area contributed by atoms with Crippen LogP contribution in [0.3, 0.4) is 0 Å². The average Bonchev–Trinajstić information content (AvgIpc) is 3.47. The van der Waals surface area contributed by atoms with E-state index in [0.29, 0.717) is 17.5 Å². The molecular weight excluding hydrogens is 474 g/mol. The van der Waals surface area contributed by atoms with Crippen LogP contribution in [0.25, 0.3) is 33.1 Å². The Kier molecular flexibility index (Phi) is 6.25. The van der Waals surface area contributed by atoms with E-state index in [-0.39, 0.29) is 0 Å². The van der Waals surface area contributed by atoms with Gasteiger partial charge in [-0.05, 0) is 61.3 Å². The minimum absolute atomic E-state index is 0.372. The summed E-state index contributed by atoms with van der Waals surface area (Å²) in [6.07, 6.45) is 12.0. The maximum atomic E-state index is 11.9. The summed E-state index contributed by atoms with van der Waals surface area (Å²) in [4.78, 5) is 11.9. The van der Waals surface area contributed by atoms with Gasteiger partial charge in [-0.15, -0.1) is 0 Å². The van der Waals surface area contributed by atoms with Crippen LogP contribution < -0.4 is 5.32 Å². The standard InChI is InChI=1S/C32H37N3O3/c36-32(37)22-12-13-26-28(17-22)35-15-6-14-34-19-23(18-33-24-9-5-16-38-20-24)25-10-4-11-27(30(25)34)31(35)29(26)21-7-2-1-3-8-21/h4,10-13,17,19,21,24,33H,1-3,5-9,14-16,18,20H2,(H,36,37). The number of hydrogen-bond donors (Lipinski definition) is 2. The second-order valence-electron chi connectivity index (χ2n) is 11.5. The van der Waals surface area contributed by atoms with Crippen molar-refractivity contribution >= 4 is 27.8 Å². The summed E-state index contributed by atoms with van der Waals surface area (Å²) in [7, 11) is 0. The van der Waals surface area contributed by atoms with Crippen LogP contribution in [-0.2, 0) is 24.4 Å². The molecule has 2 aromatic heterocycles. The second kappa shape index (κ2) is 9.90. The number of rotatable bonds is 5. The number of aromatic nitrogens is 2. The second-order valence-corrected chi connectivity index (χ2v) is 11.5. The Balaban J connectivity index is 1.41. The van der Waals surface area contributed by atoms with E-state index in [1.54, 1.807) is 6.07 Å². The lowest BCUT2D eigenvalue weighted by Gasteiger charge is -2.25. The normalized spacial score (nSPS) is 20.4. The summed E-state index contributed by atoms with van der Waals surface area (Å²) in [5.41, 5.74) is 8.18. The van der Waals surface area contributed by atoms with Crippen molar-refractivity contribution in [3.63, 3.8) is 0 Å². The lowest BCUT2D eigenvalue weighted by molar-refractivity contribution is 0.0696. The number of para-hydroxylation sites is 1. The number of nitrogens with one attached hydrogen (secondary N) is 1. The molecule has 0 bridgehead atoms. The van der Waals surface area contributed by atoms with Gasteiger partial charge >= 0.3 is 5.97 Å². The van der Waals surface area contributed by atoms with Gasteiger partial charge in [-0.25, -0.2) is 4.79 Å². The third-order valence-electron chi connectivity index (χ3n) is 9.12. The fourth-order valence-electron chi connectivity index (χ4n) is 7.33. The van der Waals surface area contributed by atoms with E-state index >= 15 is 0 Å². The van der Waals surface area contributed by atoms with E-state index in [2.05, 4.69) is 44.9 Å². The molecule has 4 heterocycles. The van der Waals surface area contributed by atoms with Crippen molar-refractivity contribution in [2.45, 2.75) is 83.0 Å². The van der Waals surface area contributed by atoms with Crippen LogP contribution in [0.1, 0.15) is 78.8 Å². The maximum Gasteiger partial charge on any atom is 0.335 e. The van der Waals surface area contributed by atoms with E-state index in [9.17, 15) is 9.90 Å². The molecule has 2 fully saturated rings. The zero-order valence-corrected chi connectivity index (χ0v) is 22.0. The molecule has 1 aliphatic carbocycles. The first-order valence-corrected chi connectivity index (χ1v) is 14.5. The average molecular weight is 512 g/mol. The molecule has 6 nitrogen and oxygen atoms in total. The zero-order valence-electron chi connectivity index (χ0n) is 22.0. The Hall–Kier alpha value is -3.09. The number of carbonyl (C=O) groups is 1. The fourth-order valence-corrected chi connectivity index (χ4v) is 7.33. The highest BCUT2D eigenvalue weighted by Gasteiger charge is 2.29. The highest BCUT2D eigenvalue weighted by Crippen LogP contribution is 2.47. The third-order valence-corrected chi connectivity index (χ3v) is 9.12. The smallest absolute Gasteiger partial charge is 0.335 e. The van der Waals surface area contributed by atoms with E-state index in [1.165, 1.54) is 77.2 Å². The summed E-state index contributed by atoms with van der Waals surface area (Å²) in [5.74, 6) is -0.340. The van der Waals surface area contributed by atoms with Crippen molar-refractivity contribution < 1.29 is 14.6 Å². The van der Waals surface area contributed by atoms with Crippen molar-refractivity contribution in [3.8, 4) is 11.3 Å². The summed E-state index contributed by atoms with van der Waals surface area (Å²) >= 11 is 0. The van der Waals surface area contributed by atoms with Crippen molar-refractivity contribution in [3.05, 3.63) is 59.3 Å². The van der Waals surface area contributed by atoms with Gasteiger partial charge in [-0.2, -0.15) is 0 Å². The first-order chi connectivity index (χ1) is 18.7. The van der Waals surface area contributed by atoms with Crippen LogP contribution in [0.15, 0.2) is 42.6 Å². The number of ether oxygens (including phenoxy) is 1. The molecule has 4 aromatic rings. The number of carboxylic acids is 1. The molecule has 7 rings (SSSR count). The number of carboxylic acid groups (broad SMARTS) is 1. The molecule has 3 aliphatic rings. The molecule has 6 heteroatoms. The summed E-state index contributed by atoms with van der Waals surface area (Å²) < 4.78 is 10.6. The predicted molar refractivity (Wildman–Crippen MR) is 151 cm³/mol. The SMILES string of the molecule is O=C(O)c1ccc2c(C3CCCCC3)c3n(c2c1)CCCn1cc(CNC2CCCOC2)c2cccc-3c21. The Labute approximate surface area is 223 Å². The van der Waals surface area contributed by atoms with Gasteiger partial charge in [0.15, 0.2) is 0 Å². The van der Waals surface area contributed by atoms with Crippen LogP contribution in [0, 0.1) is 0 Å². The van der Waals surface area contributed by atoms with Crippen LogP contribution in [0.2, 0.25) is 0 Å². The summed E-state index contributed by atoms with van der Waals surface area (Å²) in [6, 6.07) is 13.0. The first kappa shape index (κ1) is 24.0. The van der Waals surface area contributed by atoms with Gasteiger partial charge in [0.05, 0.1) is 23.4 Å². The molecule has 1 atom stereocenters. The maximum absolute atomic E-state index is 11.9. The largest absolute Gasteiger partial charge is 0.478 e. The molecule has 0 spiro atoms. The number of aryl methyl sites for hydroxylation is 2. The van der Waals surface area contributed by atoms with E-state index in [4.69, 9.17) is 4.74 Å². The Morgan fingerprint density at radius 1 is 1.00 bits per heavy atom. The number of nitrogens with zero attached hydrogens (tertiary/aromatic N) is 2. The molecule has 0 amide bonds. The first-order valence-electron chi connectivity index (χ1n) is 14.5.